The lowest BCUT2D eigenvalue weighted by atomic mass is 10.2. The molecule has 11 heteroatoms. The van der Waals surface area contributed by atoms with Gasteiger partial charge in [0.25, 0.3) is 5.88 Å². The van der Waals surface area contributed by atoms with Crippen molar-refractivity contribution >= 4 is 17.7 Å². The zero-order valence-corrected chi connectivity index (χ0v) is 22.3. The van der Waals surface area contributed by atoms with Gasteiger partial charge in [-0.2, -0.15) is 0 Å². The first-order valence-electron chi connectivity index (χ1n) is 12.3. The van der Waals surface area contributed by atoms with E-state index in [1.807, 2.05) is 69.3 Å². The van der Waals surface area contributed by atoms with Gasteiger partial charge in [-0.05, 0) is 62.7 Å². The van der Waals surface area contributed by atoms with Gasteiger partial charge in [0.05, 0.1) is 20.8 Å². The van der Waals surface area contributed by atoms with Crippen LogP contribution in [0.4, 0.5) is 10.5 Å². The van der Waals surface area contributed by atoms with Gasteiger partial charge in [-0.1, -0.05) is 17.3 Å². The molecule has 1 amide bonds. The zero-order chi connectivity index (χ0) is 27.3. The van der Waals surface area contributed by atoms with Crippen LogP contribution in [0.25, 0.3) is 0 Å². The maximum atomic E-state index is 12.3. The number of anilines is 1. The smallest absolute Gasteiger partial charge is 0.410 e. The van der Waals surface area contributed by atoms with E-state index in [0.29, 0.717) is 38.5 Å². The summed E-state index contributed by atoms with van der Waals surface area (Å²) in [6.07, 6.45) is -0.290. The van der Waals surface area contributed by atoms with Crippen LogP contribution in [0.5, 0.6) is 17.4 Å². The summed E-state index contributed by atoms with van der Waals surface area (Å²) in [4.78, 5) is 28.6. The summed E-state index contributed by atoms with van der Waals surface area (Å²) in [5.74, 6) is 0.807. The van der Waals surface area contributed by atoms with Crippen LogP contribution < -0.4 is 14.4 Å². The molecule has 1 fully saturated rings. The molecule has 0 aliphatic carbocycles. The maximum absolute atomic E-state index is 12.3. The summed E-state index contributed by atoms with van der Waals surface area (Å²) in [5, 5.41) is 8.10. The van der Waals surface area contributed by atoms with Crippen molar-refractivity contribution in [1.29, 1.82) is 0 Å². The summed E-state index contributed by atoms with van der Waals surface area (Å²) in [7, 11) is 2.89. The maximum Gasteiger partial charge on any atom is 0.410 e. The summed E-state index contributed by atoms with van der Waals surface area (Å²) in [5.41, 5.74) is 1.40. The Morgan fingerprint density at radius 1 is 0.895 bits per heavy atom. The van der Waals surface area contributed by atoms with Crippen molar-refractivity contribution in [2.45, 2.75) is 32.9 Å². The van der Waals surface area contributed by atoms with Gasteiger partial charge in [0, 0.05) is 31.9 Å². The third-order valence-electron chi connectivity index (χ3n) is 5.91. The first-order chi connectivity index (χ1) is 18.2. The van der Waals surface area contributed by atoms with Crippen LogP contribution in [0.2, 0.25) is 0 Å². The molecule has 1 aromatic heterocycles. The van der Waals surface area contributed by atoms with Gasteiger partial charge in [-0.15, -0.1) is 5.10 Å². The fraction of sp³-hybridized carbons (Fsp3) is 0.407. The molecule has 0 unspecified atom stereocenters. The fourth-order valence-corrected chi connectivity index (χ4v) is 3.95. The highest BCUT2D eigenvalue weighted by Gasteiger charge is 2.26. The summed E-state index contributed by atoms with van der Waals surface area (Å²) in [6.45, 7) is 8.44. The van der Waals surface area contributed by atoms with E-state index in [9.17, 15) is 9.59 Å². The predicted molar refractivity (Wildman–Crippen MR) is 140 cm³/mol. The Morgan fingerprint density at radius 2 is 1.53 bits per heavy atom. The Bertz CT molecular complexity index is 1240. The van der Waals surface area contributed by atoms with Crippen LogP contribution >= 0.6 is 0 Å². The molecule has 2 heterocycles. The SMILES string of the molecule is COC(=O)c1nnn(Cc2ccc(OC)cc2)c1Oc1ccc(N2CCN(C(=O)OC(C)(C)C)CC2)cc1. The largest absolute Gasteiger partial charge is 0.497 e. The Kier molecular flexibility index (Phi) is 8.04. The Balaban J connectivity index is 1.44. The molecule has 3 aromatic rings. The van der Waals surface area contributed by atoms with Crippen molar-refractivity contribution in [3.63, 3.8) is 0 Å². The van der Waals surface area contributed by atoms with Crippen LogP contribution in [0.15, 0.2) is 48.5 Å². The number of carbonyl (C=O) groups is 2. The van der Waals surface area contributed by atoms with Crippen molar-refractivity contribution < 1.29 is 28.5 Å². The van der Waals surface area contributed by atoms with Crippen LogP contribution in [0, 0.1) is 0 Å². The van der Waals surface area contributed by atoms with E-state index >= 15 is 0 Å². The first-order valence-corrected chi connectivity index (χ1v) is 12.3. The van der Waals surface area contributed by atoms with Gasteiger partial charge in [0.1, 0.15) is 17.1 Å². The normalized spacial score (nSPS) is 13.7. The highest BCUT2D eigenvalue weighted by atomic mass is 16.6. The van der Waals surface area contributed by atoms with E-state index in [4.69, 9.17) is 18.9 Å². The van der Waals surface area contributed by atoms with Crippen molar-refractivity contribution in [1.82, 2.24) is 19.9 Å². The average molecular weight is 524 g/mol. The van der Waals surface area contributed by atoms with Gasteiger partial charge < -0.3 is 28.7 Å². The second-order valence-electron chi connectivity index (χ2n) is 9.79. The van der Waals surface area contributed by atoms with E-state index in [-0.39, 0.29) is 17.7 Å². The van der Waals surface area contributed by atoms with Gasteiger partial charge in [0.2, 0.25) is 5.69 Å². The average Bonchev–Trinajstić information content (AvgIpc) is 3.30. The number of ether oxygens (including phenoxy) is 4. The first kappa shape index (κ1) is 26.8. The highest BCUT2D eigenvalue weighted by Crippen LogP contribution is 2.28. The van der Waals surface area contributed by atoms with Crippen LogP contribution in [0.3, 0.4) is 0 Å². The number of piperazine rings is 1. The Hall–Kier alpha value is -4.28. The third-order valence-corrected chi connectivity index (χ3v) is 5.91. The molecule has 1 aliphatic heterocycles. The van der Waals surface area contributed by atoms with Gasteiger partial charge in [0.15, 0.2) is 0 Å². The Morgan fingerprint density at radius 3 is 2.11 bits per heavy atom. The monoisotopic (exact) mass is 523 g/mol. The molecule has 1 saturated heterocycles. The van der Waals surface area contributed by atoms with Crippen molar-refractivity contribution in [3.8, 4) is 17.4 Å². The molecule has 2 aromatic carbocycles. The molecule has 0 N–H and O–H groups in total. The number of carbonyl (C=O) groups excluding carboxylic acids is 2. The molecule has 0 atom stereocenters. The minimum Gasteiger partial charge on any atom is -0.497 e. The molecule has 0 spiro atoms. The fourth-order valence-electron chi connectivity index (χ4n) is 3.95. The minimum absolute atomic E-state index is 0.0108. The number of amides is 1. The third kappa shape index (κ3) is 6.53. The summed E-state index contributed by atoms with van der Waals surface area (Å²) in [6, 6.07) is 15.0. The molecule has 1 aliphatic rings. The lowest BCUT2D eigenvalue weighted by Gasteiger charge is -2.36. The molecule has 4 rings (SSSR count). The number of hydrogen-bond donors (Lipinski definition) is 0. The van der Waals surface area contributed by atoms with E-state index < -0.39 is 11.6 Å². The van der Waals surface area contributed by atoms with Crippen LogP contribution in [-0.2, 0) is 16.0 Å². The number of rotatable bonds is 7. The van der Waals surface area contributed by atoms with Gasteiger partial charge >= 0.3 is 12.1 Å². The van der Waals surface area contributed by atoms with Crippen molar-refractivity contribution in [2.75, 3.05) is 45.3 Å². The number of benzene rings is 2. The van der Waals surface area contributed by atoms with Crippen LogP contribution in [0.1, 0.15) is 36.8 Å². The number of aromatic nitrogens is 3. The molecular weight excluding hydrogens is 490 g/mol. The number of esters is 1. The second-order valence-corrected chi connectivity index (χ2v) is 9.79. The molecule has 0 bridgehead atoms. The number of nitrogens with zero attached hydrogens (tertiary/aromatic N) is 5. The molecule has 11 nitrogen and oxygen atoms in total. The molecular formula is C27H33N5O6. The number of hydrogen-bond acceptors (Lipinski definition) is 9. The lowest BCUT2D eigenvalue weighted by Crippen LogP contribution is -2.50. The molecule has 202 valence electrons. The molecule has 0 radical (unpaired) electrons. The van der Waals surface area contributed by atoms with E-state index in [2.05, 4.69) is 15.2 Å². The second kappa shape index (κ2) is 11.4. The molecule has 38 heavy (non-hydrogen) atoms. The van der Waals surface area contributed by atoms with Crippen molar-refractivity contribution in [2.24, 2.45) is 0 Å². The van der Waals surface area contributed by atoms with E-state index in [1.165, 1.54) is 11.8 Å². The van der Waals surface area contributed by atoms with Crippen LogP contribution in [-0.4, -0.2) is 78.0 Å². The van der Waals surface area contributed by atoms with Crippen molar-refractivity contribution in [3.05, 3.63) is 59.8 Å². The minimum atomic E-state index is -0.638. The predicted octanol–water partition coefficient (Wildman–Crippen LogP) is 3.97. The lowest BCUT2D eigenvalue weighted by molar-refractivity contribution is 0.0240. The van der Waals surface area contributed by atoms with Gasteiger partial charge in [-0.25, -0.2) is 14.3 Å². The standard InChI is InChI=1S/C27H33N5O6/c1-27(2,3)38-26(34)31-16-14-30(15-17-31)20-8-12-22(13-9-20)37-24-23(25(33)36-5)28-29-32(24)18-19-6-10-21(35-4)11-7-19/h6-13H,14-18H2,1-5H3. The summed E-state index contributed by atoms with van der Waals surface area (Å²) >= 11 is 0. The zero-order valence-electron chi connectivity index (χ0n) is 22.3. The Labute approximate surface area is 221 Å². The quantitative estimate of drug-likeness (QED) is 0.425. The topological polar surface area (TPSA) is 108 Å². The molecule has 0 saturated carbocycles. The summed E-state index contributed by atoms with van der Waals surface area (Å²) < 4.78 is 23.1. The van der Waals surface area contributed by atoms with E-state index in [0.717, 1.165) is 17.0 Å². The van der Waals surface area contributed by atoms with Gasteiger partial charge in [-0.3, -0.25) is 0 Å². The highest BCUT2D eigenvalue weighted by molar-refractivity contribution is 5.89. The van der Waals surface area contributed by atoms with E-state index in [1.54, 1.807) is 12.0 Å². The number of methoxy groups -OCH3 is 2.